The van der Waals surface area contributed by atoms with Gasteiger partial charge in [0.1, 0.15) is 11.5 Å². The number of ether oxygens (including phenoxy) is 2. The first-order valence-corrected chi connectivity index (χ1v) is 17.3. The smallest absolute Gasteiger partial charge is 0.128 e. The van der Waals surface area contributed by atoms with Gasteiger partial charge >= 0.3 is 0 Å². The molecule has 2 aliphatic heterocycles. The summed E-state index contributed by atoms with van der Waals surface area (Å²) in [6.07, 6.45) is 7.88. The Morgan fingerprint density at radius 2 is 1.02 bits per heavy atom. The molecule has 8 heteroatoms. The Morgan fingerprint density at radius 3 is 1.37 bits per heavy atom. The van der Waals surface area contributed by atoms with Crippen molar-refractivity contribution < 1.29 is 19.7 Å². The fourth-order valence-electron chi connectivity index (χ4n) is 6.53. The van der Waals surface area contributed by atoms with Crippen molar-refractivity contribution in [3.63, 3.8) is 0 Å². The van der Waals surface area contributed by atoms with Crippen molar-refractivity contribution >= 4 is 12.4 Å². The van der Waals surface area contributed by atoms with E-state index in [9.17, 15) is 10.2 Å². The predicted octanol–water partition coefficient (Wildman–Crippen LogP) is 6.21. The second-order valence-corrected chi connectivity index (χ2v) is 15.4. The van der Waals surface area contributed by atoms with Gasteiger partial charge in [-0.05, 0) is 46.9 Å². The van der Waals surface area contributed by atoms with Crippen LogP contribution in [0.15, 0.2) is 34.3 Å². The van der Waals surface area contributed by atoms with Crippen LogP contribution in [-0.4, -0.2) is 97.1 Å². The van der Waals surface area contributed by atoms with Gasteiger partial charge in [-0.25, -0.2) is 0 Å². The van der Waals surface area contributed by atoms with E-state index in [4.69, 9.17) is 19.5 Å². The number of phenolic OH excluding ortho intramolecular Hbond substituents is 2. The lowest BCUT2D eigenvalue weighted by atomic mass is 9.84. The van der Waals surface area contributed by atoms with Crippen LogP contribution >= 0.6 is 0 Å². The van der Waals surface area contributed by atoms with E-state index < -0.39 is 0 Å². The molecule has 46 heavy (non-hydrogen) atoms. The Hall–Kier alpha value is -2.78. The molecule has 0 amide bonds. The maximum Gasteiger partial charge on any atom is 0.128 e. The maximum absolute atomic E-state index is 11.4. The van der Waals surface area contributed by atoms with Crippen LogP contribution in [0.1, 0.15) is 101 Å². The molecule has 1 saturated carbocycles. The highest BCUT2D eigenvalue weighted by atomic mass is 16.5. The van der Waals surface area contributed by atoms with Crippen LogP contribution in [-0.2, 0) is 33.4 Å². The molecule has 0 radical (unpaired) electrons. The number of rotatable bonds is 8. The van der Waals surface area contributed by atoms with E-state index in [1.165, 1.54) is 11.1 Å². The third kappa shape index (κ3) is 8.97. The SMILES string of the molecule is CC(C)(C)c1cc(C=N[C@@H]2CCCC[C@H]2N=Cc2cc(C(C)(C)C)cc(CN3CCOCC3)c2O)c(O)c(CN2CCOCC2)c1. The molecule has 2 aromatic rings. The van der Waals surface area contributed by atoms with Gasteiger partial charge in [-0.3, -0.25) is 19.8 Å². The van der Waals surface area contributed by atoms with Crippen LogP contribution in [0, 0.1) is 0 Å². The van der Waals surface area contributed by atoms with E-state index in [1.807, 2.05) is 12.4 Å². The van der Waals surface area contributed by atoms with Crippen LogP contribution in [0.4, 0.5) is 0 Å². The topological polar surface area (TPSA) is 90.1 Å². The van der Waals surface area contributed by atoms with E-state index in [1.54, 1.807) is 0 Å². The van der Waals surface area contributed by atoms with Gasteiger partial charge in [0.25, 0.3) is 0 Å². The van der Waals surface area contributed by atoms with E-state index >= 15 is 0 Å². The summed E-state index contributed by atoms with van der Waals surface area (Å²) in [6, 6.07) is 8.53. The van der Waals surface area contributed by atoms with Crippen LogP contribution in [0.3, 0.4) is 0 Å². The third-order valence-electron chi connectivity index (χ3n) is 9.67. The van der Waals surface area contributed by atoms with Gasteiger partial charge < -0.3 is 19.7 Å². The van der Waals surface area contributed by atoms with Gasteiger partial charge in [0.05, 0.1) is 38.5 Å². The van der Waals surface area contributed by atoms with Gasteiger partial charge in [-0.15, -0.1) is 0 Å². The lowest BCUT2D eigenvalue weighted by Crippen LogP contribution is -2.35. The zero-order chi connectivity index (χ0) is 32.9. The number of benzene rings is 2. The second kappa shape index (κ2) is 15.0. The Morgan fingerprint density at radius 1 is 0.652 bits per heavy atom. The summed E-state index contributed by atoms with van der Waals surface area (Å²) in [7, 11) is 0. The average molecular weight is 633 g/mol. The van der Waals surface area contributed by atoms with Crippen molar-refractivity contribution in [2.24, 2.45) is 9.98 Å². The fourth-order valence-corrected chi connectivity index (χ4v) is 6.53. The van der Waals surface area contributed by atoms with Gasteiger partial charge in [0, 0.05) is 74.0 Å². The normalized spacial score (nSPS) is 22.7. The van der Waals surface area contributed by atoms with Crippen molar-refractivity contribution in [3.05, 3.63) is 57.6 Å². The van der Waals surface area contributed by atoms with Crippen LogP contribution < -0.4 is 0 Å². The lowest BCUT2D eigenvalue weighted by Gasteiger charge is -2.29. The van der Waals surface area contributed by atoms with E-state index in [-0.39, 0.29) is 22.9 Å². The minimum atomic E-state index is -0.0576. The zero-order valence-corrected chi connectivity index (χ0v) is 29.0. The molecule has 1 aliphatic carbocycles. The first kappa shape index (κ1) is 34.6. The number of nitrogens with zero attached hydrogens (tertiary/aromatic N) is 4. The number of morpholine rings is 2. The molecule has 2 atom stereocenters. The molecule has 3 aliphatic rings. The minimum Gasteiger partial charge on any atom is -0.507 e. The van der Waals surface area contributed by atoms with E-state index in [0.717, 1.165) is 101 Å². The summed E-state index contributed by atoms with van der Waals surface area (Å²) in [6.45, 7) is 21.0. The van der Waals surface area contributed by atoms with E-state index in [2.05, 4.69) is 75.6 Å². The van der Waals surface area contributed by atoms with Crippen LogP contribution in [0.25, 0.3) is 0 Å². The number of hydrogen-bond acceptors (Lipinski definition) is 8. The quantitative estimate of drug-likeness (QED) is 0.337. The summed E-state index contributed by atoms with van der Waals surface area (Å²) in [4.78, 5) is 14.8. The Balaban J connectivity index is 1.39. The molecule has 3 fully saturated rings. The van der Waals surface area contributed by atoms with Crippen molar-refractivity contribution in [1.29, 1.82) is 0 Å². The Labute approximate surface area is 276 Å². The Bertz CT molecular complexity index is 1270. The largest absolute Gasteiger partial charge is 0.507 e. The summed E-state index contributed by atoms with van der Waals surface area (Å²) in [5.74, 6) is 0.631. The third-order valence-corrected chi connectivity index (χ3v) is 9.67. The van der Waals surface area contributed by atoms with Gasteiger partial charge in [-0.1, -0.05) is 66.5 Å². The monoisotopic (exact) mass is 632 g/mol. The molecule has 2 saturated heterocycles. The first-order valence-electron chi connectivity index (χ1n) is 17.3. The van der Waals surface area contributed by atoms with Crippen molar-refractivity contribution in [2.45, 2.75) is 103 Å². The van der Waals surface area contributed by atoms with Crippen molar-refractivity contribution in [3.8, 4) is 11.5 Å². The molecular formula is C38H56N4O4. The fraction of sp³-hybridized carbons (Fsp3) is 0.632. The zero-order valence-electron chi connectivity index (χ0n) is 29.0. The van der Waals surface area contributed by atoms with Gasteiger partial charge in [0.15, 0.2) is 0 Å². The molecule has 2 N–H and O–H groups in total. The van der Waals surface area contributed by atoms with Gasteiger partial charge in [0.2, 0.25) is 0 Å². The molecule has 8 nitrogen and oxygen atoms in total. The highest BCUT2D eigenvalue weighted by Gasteiger charge is 2.26. The Kier molecular flexibility index (Phi) is 11.2. The predicted molar refractivity (Wildman–Crippen MR) is 187 cm³/mol. The maximum atomic E-state index is 11.4. The van der Waals surface area contributed by atoms with Crippen LogP contribution in [0.2, 0.25) is 0 Å². The van der Waals surface area contributed by atoms with Gasteiger partial charge in [-0.2, -0.15) is 0 Å². The summed E-state index contributed by atoms with van der Waals surface area (Å²) in [5.41, 5.74) is 5.69. The molecule has 252 valence electrons. The summed E-state index contributed by atoms with van der Waals surface area (Å²) in [5, 5.41) is 22.8. The molecule has 0 spiro atoms. The minimum absolute atomic E-state index is 0.0196. The number of aliphatic imine (C=N–C) groups is 2. The molecule has 0 aromatic heterocycles. The lowest BCUT2D eigenvalue weighted by molar-refractivity contribution is 0.0338. The highest BCUT2D eigenvalue weighted by Crippen LogP contribution is 2.34. The molecule has 0 bridgehead atoms. The summed E-state index contributed by atoms with van der Waals surface area (Å²) >= 11 is 0. The second-order valence-electron chi connectivity index (χ2n) is 15.4. The van der Waals surface area contributed by atoms with Crippen molar-refractivity contribution in [2.75, 3.05) is 52.6 Å². The number of phenols is 2. The first-order chi connectivity index (χ1) is 21.9. The van der Waals surface area contributed by atoms with Crippen LogP contribution in [0.5, 0.6) is 11.5 Å². The molecule has 2 heterocycles. The summed E-state index contributed by atoms with van der Waals surface area (Å²) < 4.78 is 11.1. The average Bonchev–Trinajstić information content (AvgIpc) is 3.02. The molecule has 0 unspecified atom stereocenters. The highest BCUT2D eigenvalue weighted by molar-refractivity contribution is 5.86. The van der Waals surface area contributed by atoms with Crippen molar-refractivity contribution in [1.82, 2.24) is 9.80 Å². The number of aromatic hydroxyl groups is 2. The van der Waals surface area contributed by atoms with E-state index in [0.29, 0.717) is 24.6 Å². The number of hydrogen-bond donors (Lipinski definition) is 2. The standard InChI is InChI=1S/C38H56N4O4/c1-37(2,3)31-19-27(35(43)29(21-31)25-41-11-15-45-16-12-41)23-39-33-9-7-8-10-34(33)40-24-28-20-32(38(4,5)6)22-30(36(28)44)26-42-13-17-46-18-14-42/h19-24,33-34,43-44H,7-18,25-26H2,1-6H3/t33-,34-/m1/s1. The molecule has 2 aromatic carbocycles. The molecule has 5 rings (SSSR count). The molecular weight excluding hydrogens is 576 g/mol.